The molecular formula is C20H30F2N6O2S2. The summed E-state index contributed by atoms with van der Waals surface area (Å²) < 4.78 is 59.9. The summed E-state index contributed by atoms with van der Waals surface area (Å²) >= 11 is 0.786. The van der Waals surface area contributed by atoms with Crippen molar-refractivity contribution in [2.75, 3.05) is 23.1 Å². The maximum absolute atomic E-state index is 14.7. The topological polar surface area (TPSA) is 136 Å². The second-order valence-electron chi connectivity index (χ2n) is 8.80. The van der Waals surface area contributed by atoms with E-state index in [2.05, 4.69) is 26.3 Å². The molecule has 1 aliphatic rings. The van der Waals surface area contributed by atoms with E-state index in [1.54, 1.807) is 0 Å². The third-order valence-electron chi connectivity index (χ3n) is 6.49. The van der Waals surface area contributed by atoms with Crippen LogP contribution in [0, 0.1) is 28.9 Å². The predicted octanol–water partition coefficient (Wildman–Crippen LogP) is 3.15. The fourth-order valence-electron chi connectivity index (χ4n) is 4.52. The maximum Gasteiger partial charge on any atom is 0.266 e. The summed E-state index contributed by atoms with van der Waals surface area (Å²) in [6.07, 6.45) is 5.26. The second-order valence-corrected chi connectivity index (χ2v) is 11.2. The summed E-state index contributed by atoms with van der Waals surface area (Å²) in [6.45, 7) is 5.07. The van der Waals surface area contributed by atoms with Crippen molar-refractivity contribution in [2.45, 2.75) is 50.5 Å². The van der Waals surface area contributed by atoms with E-state index in [0.29, 0.717) is 25.1 Å². The molecule has 1 aromatic carbocycles. The molecule has 1 heterocycles. The third-order valence-corrected chi connectivity index (χ3v) is 8.55. The van der Waals surface area contributed by atoms with Crippen LogP contribution in [0.5, 0.6) is 0 Å². The van der Waals surface area contributed by atoms with E-state index in [1.807, 2.05) is 6.92 Å². The number of sulfonamides is 1. The second kappa shape index (κ2) is 9.94. The van der Waals surface area contributed by atoms with Gasteiger partial charge in [0.2, 0.25) is 5.13 Å². The van der Waals surface area contributed by atoms with E-state index in [1.165, 1.54) is 0 Å². The quantitative estimate of drug-likeness (QED) is 0.403. The van der Waals surface area contributed by atoms with Gasteiger partial charge in [0, 0.05) is 30.2 Å². The molecule has 32 heavy (non-hydrogen) atoms. The van der Waals surface area contributed by atoms with Gasteiger partial charge in [-0.2, -0.15) is 4.37 Å². The van der Waals surface area contributed by atoms with Crippen LogP contribution in [-0.2, 0) is 10.0 Å². The number of benzene rings is 1. The molecule has 0 radical (unpaired) electrons. The predicted molar refractivity (Wildman–Crippen MR) is 122 cm³/mol. The maximum atomic E-state index is 14.7. The van der Waals surface area contributed by atoms with Gasteiger partial charge < -0.3 is 16.8 Å². The van der Waals surface area contributed by atoms with Crippen LogP contribution in [0.3, 0.4) is 0 Å². The Hall–Kier alpha value is -1.89. The van der Waals surface area contributed by atoms with Crippen molar-refractivity contribution in [3.8, 4) is 0 Å². The molecule has 1 aromatic heterocycles. The van der Waals surface area contributed by atoms with Crippen LogP contribution in [0.1, 0.15) is 39.5 Å². The molecule has 6 N–H and O–H groups in total. The van der Waals surface area contributed by atoms with Gasteiger partial charge in [-0.15, -0.1) is 0 Å². The summed E-state index contributed by atoms with van der Waals surface area (Å²) in [5, 5.41) is 2.88. The molecule has 0 spiro atoms. The van der Waals surface area contributed by atoms with Crippen LogP contribution in [0.4, 0.5) is 19.6 Å². The van der Waals surface area contributed by atoms with E-state index in [9.17, 15) is 17.2 Å². The van der Waals surface area contributed by atoms with E-state index in [0.717, 1.165) is 49.6 Å². The fourth-order valence-corrected chi connectivity index (χ4v) is 6.25. The number of nitrogens with one attached hydrogen (secondary N) is 2. The molecule has 4 atom stereocenters. The van der Waals surface area contributed by atoms with Crippen LogP contribution in [0.25, 0.3) is 0 Å². The molecule has 0 aliphatic heterocycles. The van der Waals surface area contributed by atoms with Gasteiger partial charge in [0.15, 0.2) is 0 Å². The largest absolute Gasteiger partial charge is 0.382 e. The lowest BCUT2D eigenvalue weighted by atomic mass is 9.72. The van der Waals surface area contributed by atoms with Gasteiger partial charge in [0.05, 0.1) is 5.69 Å². The van der Waals surface area contributed by atoms with Crippen LogP contribution in [0.15, 0.2) is 23.4 Å². The highest BCUT2D eigenvalue weighted by Gasteiger charge is 2.40. The van der Waals surface area contributed by atoms with Crippen LogP contribution < -0.4 is 21.5 Å². The Morgan fingerprint density at radius 3 is 2.72 bits per heavy atom. The minimum absolute atomic E-state index is 0.0112. The number of anilines is 2. The summed E-state index contributed by atoms with van der Waals surface area (Å²) in [5.74, 6) is -1.52. The van der Waals surface area contributed by atoms with Crippen molar-refractivity contribution in [1.29, 1.82) is 0 Å². The Morgan fingerprint density at radius 1 is 1.34 bits per heavy atom. The fraction of sp³-hybridized carbons (Fsp3) is 0.600. The summed E-state index contributed by atoms with van der Waals surface area (Å²) in [6, 6.07) is 1.34. The Labute approximate surface area is 191 Å². The van der Waals surface area contributed by atoms with Gasteiger partial charge in [0.25, 0.3) is 10.0 Å². The SMILES string of the molecule is C[C@@H](N)C(CNc1cc(F)c(S(=O)(=O)Nc2ncns2)cc1F)C[C@@]1(C)CCC[C@@H]1CN. The number of aromatic nitrogens is 2. The molecule has 1 saturated carbocycles. The zero-order valence-electron chi connectivity index (χ0n) is 18.1. The first-order valence-electron chi connectivity index (χ1n) is 10.5. The first-order chi connectivity index (χ1) is 15.1. The Bertz CT molecular complexity index is 1020. The van der Waals surface area contributed by atoms with Gasteiger partial charge in [-0.05, 0) is 56.0 Å². The van der Waals surface area contributed by atoms with E-state index < -0.39 is 26.6 Å². The van der Waals surface area contributed by atoms with Gasteiger partial charge in [-0.1, -0.05) is 13.3 Å². The third kappa shape index (κ3) is 5.53. The molecule has 2 aromatic rings. The van der Waals surface area contributed by atoms with Crippen LogP contribution >= 0.6 is 11.5 Å². The Morgan fingerprint density at radius 2 is 2.09 bits per heavy atom. The lowest BCUT2D eigenvalue weighted by Crippen LogP contribution is -2.39. The average Bonchev–Trinajstić information content (AvgIpc) is 3.35. The monoisotopic (exact) mass is 488 g/mol. The van der Waals surface area contributed by atoms with Gasteiger partial charge >= 0.3 is 0 Å². The van der Waals surface area contributed by atoms with E-state index in [-0.39, 0.29) is 28.2 Å². The van der Waals surface area contributed by atoms with Crippen molar-refractivity contribution in [3.63, 3.8) is 0 Å². The number of nitrogens with zero attached hydrogens (tertiary/aromatic N) is 2. The molecule has 0 bridgehead atoms. The van der Waals surface area contributed by atoms with Crippen molar-refractivity contribution < 1.29 is 17.2 Å². The molecular weight excluding hydrogens is 458 g/mol. The highest BCUT2D eigenvalue weighted by atomic mass is 32.2. The molecule has 3 rings (SSSR count). The summed E-state index contributed by atoms with van der Waals surface area (Å²) in [4.78, 5) is 2.89. The molecule has 0 amide bonds. The zero-order valence-corrected chi connectivity index (χ0v) is 19.8. The number of rotatable bonds is 10. The van der Waals surface area contributed by atoms with E-state index in [4.69, 9.17) is 11.5 Å². The van der Waals surface area contributed by atoms with Gasteiger partial charge in [-0.3, -0.25) is 4.72 Å². The van der Waals surface area contributed by atoms with Crippen LogP contribution in [-0.4, -0.2) is 36.9 Å². The lowest BCUT2D eigenvalue weighted by molar-refractivity contribution is 0.169. The molecule has 1 unspecified atom stereocenters. The van der Waals surface area contributed by atoms with Gasteiger partial charge in [0.1, 0.15) is 22.9 Å². The Kier molecular flexibility index (Phi) is 7.69. The smallest absolute Gasteiger partial charge is 0.266 e. The molecule has 1 aliphatic carbocycles. The Balaban J connectivity index is 1.73. The molecule has 0 saturated heterocycles. The lowest BCUT2D eigenvalue weighted by Gasteiger charge is -2.36. The first-order valence-corrected chi connectivity index (χ1v) is 12.8. The molecule has 178 valence electrons. The normalized spacial score (nSPS) is 23.1. The molecule has 1 fully saturated rings. The highest BCUT2D eigenvalue weighted by molar-refractivity contribution is 7.93. The number of hydrogen-bond donors (Lipinski definition) is 4. The van der Waals surface area contributed by atoms with Crippen molar-refractivity contribution >= 4 is 32.4 Å². The number of halogens is 2. The summed E-state index contributed by atoms with van der Waals surface area (Å²) in [7, 11) is -4.35. The van der Waals surface area contributed by atoms with Crippen LogP contribution in [0.2, 0.25) is 0 Å². The summed E-state index contributed by atoms with van der Waals surface area (Å²) in [5.41, 5.74) is 12.1. The zero-order chi connectivity index (χ0) is 23.5. The highest BCUT2D eigenvalue weighted by Crippen LogP contribution is 2.47. The van der Waals surface area contributed by atoms with E-state index >= 15 is 0 Å². The minimum Gasteiger partial charge on any atom is -0.382 e. The molecule has 8 nitrogen and oxygen atoms in total. The van der Waals surface area contributed by atoms with Crippen molar-refractivity contribution in [2.24, 2.45) is 28.7 Å². The number of hydrogen-bond acceptors (Lipinski definition) is 8. The number of nitrogens with two attached hydrogens (primary N) is 2. The molecule has 12 heteroatoms. The van der Waals surface area contributed by atoms with Gasteiger partial charge in [-0.25, -0.2) is 22.2 Å². The standard InChI is InChI=1S/C20H30F2N6O2S2/c1-12(24)13(8-20(2)5-3-4-14(20)9-23)10-25-17-6-16(22)18(7-15(17)21)32(29,30)28-19-26-11-27-31-19/h6-7,11-14,25H,3-5,8-10,23-24H2,1-2H3,(H,26,27,28)/t12-,13?,14-,20-/m1/s1. The van der Waals surface area contributed by atoms with Crippen molar-refractivity contribution in [1.82, 2.24) is 9.36 Å². The minimum atomic E-state index is -4.35. The average molecular weight is 489 g/mol. The first kappa shape index (κ1) is 24.7. The van der Waals surface area contributed by atoms with Crippen molar-refractivity contribution in [3.05, 3.63) is 30.1 Å².